The first-order valence-electron chi connectivity index (χ1n) is 4.78. The molecule has 0 aromatic heterocycles. The summed E-state index contributed by atoms with van der Waals surface area (Å²) in [5, 5.41) is 10.7. The number of nitrogens with two attached hydrogens (primary N) is 1. The summed E-state index contributed by atoms with van der Waals surface area (Å²) >= 11 is 3.15. The van der Waals surface area contributed by atoms with E-state index in [1.54, 1.807) is 12.1 Å². The third-order valence-corrected chi connectivity index (χ3v) is 2.80. The van der Waals surface area contributed by atoms with Crippen LogP contribution in [0.2, 0.25) is 0 Å². The van der Waals surface area contributed by atoms with E-state index in [1.165, 1.54) is 0 Å². The van der Waals surface area contributed by atoms with Crippen molar-refractivity contribution in [2.45, 2.75) is 19.3 Å². The van der Waals surface area contributed by atoms with Crippen LogP contribution in [0.1, 0.15) is 18.4 Å². The summed E-state index contributed by atoms with van der Waals surface area (Å²) in [7, 11) is 0. The van der Waals surface area contributed by atoms with Crippen molar-refractivity contribution in [1.82, 2.24) is 0 Å². The van der Waals surface area contributed by atoms with Gasteiger partial charge in [0.2, 0.25) is 0 Å². The Morgan fingerprint density at radius 1 is 1.40 bits per heavy atom. The highest BCUT2D eigenvalue weighted by Gasteiger charge is 2.11. The Hall–Kier alpha value is -0.940. The second-order valence-electron chi connectivity index (χ2n) is 3.29. The Kier molecular flexibility index (Phi) is 4.71. The molecule has 1 aromatic rings. The molecule has 1 aromatic carbocycles. The minimum atomic E-state index is -0.378. The fraction of sp³-hybridized carbons (Fsp3) is 0.400. The van der Waals surface area contributed by atoms with E-state index in [2.05, 4.69) is 15.9 Å². The number of nitro groups is 1. The van der Waals surface area contributed by atoms with Crippen molar-refractivity contribution in [2.24, 2.45) is 5.73 Å². The maximum Gasteiger partial charge on any atom is 0.283 e. The summed E-state index contributed by atoms with van der Waals surface area (Å²) in [4.78, 5) is 10.3. The predicted octanol–water partition coefficient (Wildman–Crippen LogP) is 2.64. The zero-order valence-electron chi connectivity index (χ0n) is 8.28. The number of benzene rings is 1. The van der Waals surface area contributed by atoms with Crippen molar-refractivity contribution in [3.63, 3.8) is 0 Å². The lowest BCUT2D eigenvalue weighted by Crippen LogP contribution is -1.99. The Morgan fingerprint density at radius 2 is 2.13 bits per heavy atom. The van der Waals surface area contributed by atoms with Crippen LogP contribution in [0.5, 0.6) is 0 Å². The summed E-state index contributed by atoms with van der Waals surface area (Å²) in [6, 6.07) is 5.23. The van der Waals surface area contributed by atoms with Gasteiger partial charge in [0.15, 0.2) is 0 Å². The van der Waals surface area contributed by atoms with Gasteiger partial charge < -0.3 is 5.73 Å². The monoisotopic (exact) mass is 272 g/mol. The summed E-state index contributed by atoms with van der Waals surface area (Å²) in [6.07, 6.45) is 2.75. The molecule has 0 unspecified atom stereocenters. The highest BCUT2D eigenvalue weighted by Crippen LogP contribution is 2.26. The van der Waals surface area contributed by atoms with Gasteiger partial charge in [0.05, 0.1) is 9.40 Å². The van der Waals surface area contributed by atoms with Crippen LogP contribution in [0.15, 0.2) is 22.7 Å². The smallest absolute Gasteiger partial charge is 0.283 e. The number of nitrogens with zero attached hydrogens (tertiary/aromatic N) is 1. The molecule has 1 rings (SSSR count). The van der Waals surface area contributed by atoms with Gasteiger partial charge in [-0.2, -0.15) is 0 Å². The van der Waals surface area contributed by atoms with E-state index in [1.807, 2.05) is 6.07 Å². The van der Waals surface area contributed by atoms with E-state index in [4.69, 9.17) is 5.73 Å². The molecule has 15 heavy (non-hydrogen) atoms. The van der Waals surface area contributed by atoms with Crippen LogP contribution in [-0.2, 0) is 6.42 Å². The molecule has 0 radical (unpaired) electrons. The van der Waals surface area contributed by atoms with E-state index >= 15 is 0 Å². The van der Waals surface area contributed by atoms with Crippen molar-refractivity contribution in [3.05, 3.63) is 38.3 Å². The van der Waals surface area contributed by atoms with Crippen LogP contribution in [-0.4, -0.2) is 11.5 Å². The molecule has 0 saturated carbocycles. The number of hydrogen-bond acceptors (Lipinski definition) is 3. The van der Waals surface area contributed by atoms with Gasteiger partial charge in [0.25, 0.3) is 5.69 Å². The van der Waals surface area contributed by atoms with Gasteiger partial charge in [-0.1, -0.05) is 6.07 Å². The van der Waals surface area contributed by atoms with Crippen LogP contribution in [0.3, 0.4) is 0 Å². The first kappa shape index (κ1) is 12.1. The van der Waals surface area contributed by atoms with Gasteiger partial charge in [-0.05, 0) is 53.4 Å². The molecule has 0 amide bonds. The number of rotatable bonds is 5. The number of unbranched alkanes of at least 4 members (excludes halogenated alkanes) is 1. The van der Waals surface area contributed by atoms with E-state index in [-0.39, 0.29) is 10.6 Å². The maximum absolute atomic E-state index is 10.7. The molecule has 2 N–H and O–H groups in total. The number of nitro benzene ring substituents is 1. The molecule has 4 nitrogen and oxygen atoms in total. The first-order chi connectivity index (χ1) is 7.15. The molecule has 0 heterocycles. The maximum atomic E-state index is 10.7. The second-order valence-corrected chi connectivity index (χ2v) is 4.14. The van der Waals surface area contributed by atoms with E-state index in [0.29, 0.717) is 11.0 Å². The quantitative estimate of drug-likeness (QED) is 0.509. The van der Waals surface area contributed by atoms with Gasteiger partial charge in [-0.15, -0.1) is 0 Å². The van der Waals surface area contributed by atoms with E-state index < -0.39 is 0 Å². The topological polar surface area (TPSA) is 69.2 Å². The summed E-state index contributed by atoms with van der Waals surface area (Å²) in [5.41, 5.74) is 6.49. The summed E-state index contributed by atoms with van der Waals surface area (Å²) in [5.74, 6) is 0. The minimum Gasteiger partial charge on any atom is -0.330 e. The summed E-state index contributed by atoms with van der Waals surface area (Å²) < 4.78 is 0.523. The fourth-order valence-corrected chi connectivity index (χ4v) is 1.72. The third kappa shape index (κ3) is 3.60. The average Bonchev–Trinajstić information content (AvgIpc) is 2.20. The molecule has 5 heteroatoms. The normalized spacial score (nSPS) is 10.3. The Balaban J connectivity index is 2.74. The predicted molar refractivity (Wildman–Crippen MR) is 62.8 cm³/mol. The molecule has 0 spiro atoms. The molecule has 82 valence electrons. The second kappa shape index (κ2) is 5.82. The highest BCUT2D eigenvalue weighted by molar-refractivity contribution is 9.10. The Labute approximate surface area is 96.8 Å². The molecule has 0 aliphatic rings. The third-order valence-electron chi connectivity index (χ3n) is 2.13. The molecular weight excluding hydrogens is 260 g/mol. The molecule has 0 saturated heterocycles. The summed E-state index contributed by atoms with van der Waals surface area (Å²) in [6.45, 7) is 0.665. The van der Waals surface area contributed by atoms with E-state index in [9.17, 15) is 10.1 Å². The van der Waals surface area contributed by atoms with Crippen LogP contribution < -0.4 is 5.73 Å². The largest absolute Gasteiger partial charge is 0.330 e. The average molecular weight is 273 g/mol. The lowest BCUT2D eigenvalue weighted by Gasteiger charge is -2.01. The van der Waals surface area contributed by atoms with Crippen LogP contribution in [0.25, 0.3) is 0 Å². The fourth-order valence-electron chi connectivity index (χ4n) is 1.33. The molecule has 0 aliphatic carbocycles. The Morgan fingerprint density at radius 3 is 2.73 bits per heavy atom. The van der Waals surface area contributed by atoms with Gasteiger partial charge >= 0.3 is 0 Å². The van der Waals surface area contributed by atoms with Crippen LogP contribution in [0, 0.1) is 10.1 Å². The van der Waals surface area contributed by atoms with Crippen molar-refractivity contribution < 1.29 is 4.92 Å². The Bertz CT molecular complexity index is 355. The number of hydrogen-bond donors (Lipinski definition) is 1. The highest BCUT2D eigenvalue weighted by atomic mass is 79.9. The van der Waals surface area contributed by atoms with Crippen molar-refractivity contribution in [2.75, 3.05) is 6.54 Å². The van der Waals surface area contributed by atoms with Gasteiger partial charge in [0, 0.05) is 6.07 Å². The minimum absolute atomic E-state index is 0.125. The van der Waals surface area contributed by atoms with Gasteiger partial charge in [-0.25, -0.2) is 0 Å². The van der Waals surface area contributed by atoms with Crippen molar-refractivity contribution in [1.29, 1.82) is 0 Å². The first-order valence-corrected chi connectivity index (χ1v) is 5.57. The number of halogens is 1. The number of aryl methyl sites for hydroxylation is 1. The zero-order valence-corrected chi connectivity index (χ0v) is 9.87. The van der Waals surface area contributed by atoms with Crippen molar-refractivity contribution >= 4 is 21.6 Å². The van der Waals surface area contributed by atoms with Crippen LogP contribution >= 0.6 is 15.9 Å². The molecule has 0 aliphatic heterocycles. The molecular formula is C10H13BrN2O2. The zero-order chi connectivity index (χ0) is 11.3. The molecule has 0 atom stereocenters. The SMILES string of the molecule is NCCCCc1ccc(Br)c([N+](=O)[O-])c1. The van der Waals surface area contributed by atoms with Crippen LogP contribution in [0.4, 0.5) is 5.69 Å². The lowest BCUT2D eigenvalue weighted by molar-refractivity contribution is -0.385. The van der Waals surface area contributed by atoms with Gasteiger partial charge in [0.1, 0.15) is 0 Å². The molecule has 0 fully saturated rings. The van der Waals surface area contributed by atoms with Crippen molar-refractivity contribution in [3.8, 4) is 0 Å². The van der Waals surface area contributed by atoms with E-state index in [0.717, 1.165) is 24.8 Å². The lowest BCUT2D eigenvalue weighted by atomic mass is 10.1. The standard InChI is InChI=1S/C10H13BrN2O2/c11-9-5-4-8(3-1-2-6-12)7-10(9)13(14)15/h4-5,7H,1-3,6,12H2. The molecule has 0 bridgehead atoms. The van der Waals surface area contributed by atoms with Gasteiger partial charge in [-0.3, -0.25) is 10.1 Å².